The number of nitrogens with one attached hydrogen (secondary N) is 2. The van der Waals surface area contributed by atoms with Crippen LogP contribution in [0.2, 0.25) is 0 Å². The fraction of sp³-hybridized carbons (Fsp3) is 0.0952. The molecule has 3 aromatic rings. The molecule has 1 aromatic heterocycles. The molecule has 148 valence electrons. The van der Waals surface area contributed by atoms with Crippen molar-refractivity contribution in [2.24, 2.45) is 0 Å². The van der Waals surface area contributed by atoms with Crippen LogP contribution in [0.1, 0.15) is 20.0 Å². The first-order chi connectivity index (χ1) is 13.9. The summed E-state index contributed by atoms with van der Waals surface area (Å²) in [5.74, 6) is -0.552. The van der Waals surface area contributed by atoms with Crippen LogP contribution in [0.3, 0.4) is 0 Å². The Balaban J connectivity index is 1.73. The zero-order valence-corrected chi connectivity index (χ0v) is 17.5. The van der Waals surface area contributed by atoms with Crippen molar-refractivity contribution in [2.45, 2.75) is 4.90 Å². The van der Waals surface area contributed by atoms with Crippen LogP contribution in [-0.4, -0.2) is 36.0 Å². The Morgan fingerprint density at radius 2 is 1.69 bits per heavy atom. The number of rotatable bonds is 5. The molecule has 0 radical (unpaired) electrons. The number of carbonyl (C=O) groups excluding carboxylic acids is 3. The largest absolute Gasteiger partial charge is 0.339 e. The van der Waals surface area contributed by atoms with Gasteiger partial charge in [-0.3, -0.25) is 14.4 Å². The second-order valence-electron chi connectivity index (χ2n) is 6.22. The number of benzene rings is 2. The number of carbonyl (C=O) groups is 3. The fourth-order valence-electron chi connectivity index (χ4n) is 2.38. The van der Waals surface area contributed by atoms with Crippen molar-refractivity contribution in [3.63, 3.8) is 0 Å². The number of anilines is 2. The first-order valence-electron chi connectivity index (χ1n) is 8.68. The maximum absolute atomic E-state index is 12.7. The molecule has 0 atom stereocenters. The van der Waals surface area contributed by atoms with Crippen molar-refractivity contribution < 1.29 is 14.4 Å². The second-order valence-corrected chi connectivity index (χ2v) is 8.17. The topological polar surface area (TPSA) is 78.5 Å². The number of thioether (sulfide) groups is 1. The molecular weight excluding hydrogens is 406 g/mol. The van der Waals surface area contributed by atoms with Gasteiger partial charge in [0.15, 0.2) is 0 Å². The maximum atomic E-state index is 12.7. The van der Waals surface area contributed by atoms with Crippen LogP contribution in [0.5, 0.6) is 0 Å². The van der Waals surface area contributed by atoms with Gasteiger partial charge in [0.25, 0.3) is 17.1 Å². The molecular formula is C21H19N3O3S2. The Hall–Kier alpha value is -3.10. The minimum absolute atomic E-state index is 0.134. The summed E-state index contributed by atoms with van der Waals surface area (Å²) < 4.78 is 0. The zero-order chi connectivity index (χ0) is 20.8. The van der Waals surface area contributed by atoms with Gasteiger partial charge in [-0.05, 0) is 53.5 Å². The van der Waals surface area contributed by atoms with E-state index in [9.17, 15) is 14.4 Å². The van der Waals surface area contributed by atoms with Crippen LogP contribution >= 0.6 is 23.1 Å². The fourth-order valence-corrected chi connectivity index (χ4v) is 3.74. The van der Waals surface area contributed by atoms with Crippen molar-refractivity contribution in [3.8, 4) is 0 Å². The summed E-state index contributed by atoms with van der Waals surface area (Å²) in [6.45, 7) is 0. The predicted octanol–water partition coefficient (Wildman–Crippen LogP) is 5.03. The highest BCUT2D eigenvalue weighted by Crippen LogP contribution is 2.29. The first-order valence-corrected chi connectivity index (χ1v) is 10.4. The van der Waals surface area contributed by atoms with E-state index in [1.807, 2.05) is 11.4 Å². The Kier molecular flexibility index (Phi) is 6.69. The quantitative estimate of drug-likeness (QED) is 0.562. The molecule has 0 saturated carbocycles. The van der Waals surface area contributed by atoms with Gasteiger partial charge >= 0.3 is 0 Å². The van der Waals surface area contributed by atoms with Crippen LogP contribution in [0.15, 0.2) is 70.9 Å². The van der Waals surface area contributed by atoms with Crippen molar-refractivity contribution in [1.29, 1.82) is 0 Å². The normalized spacial score (nSPS) is 10.3. The van der Waals surface area contributed by atoms with E-state index in [4.69, 9.17) is 0 Å². The number of para-hydroxylation sites is 1. The van der Waals surface area contributed by atoms with E-state index < -0.39 is 0 Å². The SMILES string of the molecule is CN(C)C(=O)Sc1ccccc1NC(=O)c1cccc(NC(=O)c2cccs2)c1. The summed E-state index contributed by atoms with van der Waals surface area (Å²) in [6.07, 6.45) is 0. The van der Waals surface area contributed by atoms with Gasteiger partial charge in [-0.25, -0.2) is 0 Å². The highest BCUT2D eigenvalue weighted by atomic mass is 32.2. The molecule has 6 nitrogen and oxygen atoms in total. The van der Waals surface area contributed by atoms with Crippen LogP contribution < -0.4 is 10.6 Å². The molecule has 3 amide bonds. The van der Waals surface area contributed by atoms with Crippen molar-refractivity contribution >= 4 is 51.5 Å². The summed E-state index contributed by atoms with van der Waals surface area (Å²) in [4.78, 5) is 39.7. The molecule has 8 heteroatoms. The Morgan fingerprint density at radius 3 is 2.41 bits per heavy atom. The number of amides is 3. The van der Waals surface area contributed by atoms with E-state index in [0.717, 1.165) is 11.8 Å². The lowest BCUT2D eigenvalue weighted by atomic mass is 10.1. The lowest BCUT2D eigenvalue weighted by molar-refractivity contribution is 0.101. The highest BCUT2D eigenvalue weighted by molar-refractivity contribution is 8.13. The lowest BCUT2D eigenvalue weighted by Gasteiger charge is -2.13. The van der Waals surface area contributed by atoms with E-state index in [1.54, 1.807) is 68.7 Å². The smallest absolute Gasteiger partial charge is 0.286 e. The van der Waals surface area contributed by atoms with Gasteiger partial charge < -0.3 is 15.5 Å². The molecule has 0 aliphatic carbocycles. The Bertz CT molecular complexity index is 1030. The van der Waals surface area contributed by atoms with E-state index in [0.29, 0.717) is 26.7 Å². The molecule has 29 heavy (non-hydrogen) atoms. The summed E-state index contributed by atoms with van der Waals surface area (Å²) in [5, 5.41) is 7.32. The van der Waals surface area contributed by atoms with Gasteiger partial charge in [0.05, 0.1) is 10.6 Å². The molecule has 2 aromatic carbocycles. The predicted molar refractivity (Wildman–Crippen MR) is 118 cm³/mol. The Labute approximate surface area is 176 Å². The number of hydrogen-bond donors (Lipinski definition) is 2. The van der Waals surface area contributed by atoms with Gasteiger partial charge in [0.1, 0.15) is 0 Å². The number of nitrogens with zero attached hydrogens (tertiary/aromatic N) is 1. The molecule has 0 fully saturated rings. The third kappa shape index (κ3) is 5.46. The van der Waals surface area contributed by atoms with Gasteiger partial charge in [0, 0.05) is 30.2 Å². The molecule has 3 rings (SSSR count). The maximum Gasteiger partial charge on any atom is 0.286 e. The Morgan fingerprint density at radius 1 is 0.897 bits per heavy atom. The summed E-state index contributed by atoms with van der Waals surface area (Å²) in [5.41, 5.74) is 1.47. The third-order valence-electron chi connectivity index (χ3n) is 3.83. The number of thiophene rings is 1. The first kappa shape index (κ1) is 20.6. The van der Waals surface area contributed by atoms with E-state index in [1.165, 1.54) is 16.2 Å². The molecule has 0 unspecified atom stereocenters. The molecule has 0 saturated heterocycles. The standard InChI is InChI=1S/C21H19N3O3S2/c1-24(2)21(27)29-17-10-4-3-9-16(17)23-19(25)14-7-5-8-15(13-14)22-20(26)18-11-6-12-28-18/h3-13H,1-2H3,(H,22,26)(H,23,25). The zero-order valence-electron chi connectivity index (χ0n) is 15.8. The summed E-state index contributed by atoms with van der Waals surface area (Å²) in [6, 6.07) is 17.4. The minimum Gasteiger partial charge on any atom is -0.339 e. The van der Waals surface area contributed by atoms with Crippen LogP contribution in [0.4, 0.5) is 16.2 Å². The second kappa shape index (κ2) is 9.40. The lowest BCUT2D eigenvalue weighted by Crippen LogP contribution is -2.17. The average molecular weight is 426 g/mol. The number of hydrogen-bond acceptors (Lipinski definition) is 5. The van der Waals surface area contributed by atoms with Gasteiger partial charge in [0.2, 0.25) is 0 Å². The van der Waals surface area contributed by atoms with E-state index >= 15 is 0 Å². The van der Waals surface area contributed by atoms with Crippen molar-refractivity contribution in [2.75, 3.05) is 24.7 Å². The van der Waals surface area contributed by atoms with Crippen LogP contribution in [0, 0.1) is 0 Å². The molecule has 0 spiro atoms. The van der Waals surface area contributed by atoms with Crippen LogP contribution in [-0.2, 0) is 0 Å². The third-order valence-corrected chi connectivity index (χ3v) is 5.81. The molecule has 0 aliphatic rings. The van der Waals surface area contributed by atoms with Gasteiger partial charge in [-0.15, -0.1) is 11.3 Å². The molecule has 0 bridgehead atoms. The molecule has 1 heterocycles. The minimum atomic E-state index is -0.331. The molecule has 2 N–H and O–H groups in total. The van der Waals surface area contributed by atoms with Crippen molar-refractivity contribution in [1.82, 2.24) is 4.90 Å². The van der Waals surface area contributed by atoms with Gasteiger partial charge in [-0.2, -0.15) is 0 Å². The highest BCUT2D eigenvalue weighted by Gasteiger charge is 2.14. The monoisotopic (exact) mass is 425 g/mol. The van der Waals surface area contributed by atoms with Crippen molar-refractivity contribution in [3.05, 3.63) is 76.5 Å². The van der Waals surface area contributed by atoms with E-state index in [2.05, 4.69) is 10.6 Å². The van der Waals surface area contributed by atoms with E-state index in [-0.39, 0.29) is 17.1 Å². The summed E-state index contributed by atoms with van der Waals surface area (Å²) >= 11 is 2.39. The average Bonchev–Trinajstić information content (AvgIpc) is 3.24. The molecule has 0 aliphatic heterocycles. The summed E-state index contributed by atoms with van der Waals surface area (Å²) in [7, 11) is 3.35. The van der Waals surface area contributed by atoms with Gasteiger partial charge in [-0.1, -0.05) is 24.3 Å². The van der Waals surface area contributed by atoms with Crippen LogP contribution in [0.25, 0.3) is 0 Å².